The van der Waals surface area contributed by atoms with Crippen molar-refractivity contribution in [3.8, 4) is 5.75 Å². The number of benzene rings is 3. The summed E-state index contributed by atoms with van der Waals surface area (Å²) in [4.78, 5) is 32.8. The van der Waals surface area contributed by atoms with E-state index >= 15 is 0 Å². The Labute approximate surface area is 221 Å². The number of ether oxygens (including phenoxy) is 1. The summed E-state index contributed by atoms with van der Waals surface area (Å²) in [5.74, 6) is -0.148. The Morgan fingerprint density at radius 1 is 0.811 bits per heavy atom. The quantitative estimate of drug-likeness (QED) is 0.304. The second-order valence-corrected chi connectivity index (χ2v) is 8.91. The van der Waals surface area contributed by atoms with Crippen molar-refractivity contribution in [2.24, 2.45) is 0 Å². The number of halogens is 1. The summed E-state index contributed by atoms with van der Waals surface area (Å²) in [6, 6.07) is 29.2. The molecule has 0 aliphatic carbocycles. The summed E-state index contributed by atoms with van der Waals surface area (Å²) in [6.07, 6.45) is 3.72. The number of nitrogens with zero attached hydrogens (tertiary/aromatic N) is 2. The van der Waals surface area contributed by atoms with Crippen molar-refractivity contribution >= 4 is 23.4 Å². The largest absolute Gasteiger partial charge is 0.482 e. The minimum Gasteiger partial charge on any atom is -0.482 e. The van der Waals surface area contributed by atoms with Gasteiger partial charge in [-0.1, -0.05) is 84.4 Å². The predicted octanol–water partition coefficient (Wildman–Crippen LogP) is 5.07. The lowest BCUT2D eigenvalue weighted by molar-refractivity contribution is -0.142. The van der Waals surface area contributed by atoms with Crippen LogP contribution in [0, 0.1) is 0 Å². The maximum absolute atomic E-state index is 13.6. The molecule has 1 unspecified atom stereocenters. The Morgan fingerprint density at radius 2 is 1.43 bits per heavy atom. The number of carbonyl (C=O) groups is 2. The van der Waals surface area contributed by atoms with E-state index in [1.165, 1.54) is 0 Å². The molecule has 0 bridgehead atoms. The Kier molecular flexibility index (Phi) is 9.27. The van der Waals surface area contributed by atoms with Crippen molar-refractivity contribution < 1.29 is 14.3 Å². The Morgan fingerprint density at radius 3 is 2.11 bits per heavy atom. The normalized spacial score (nSPS) is 11.4. The number of hydrogen-bond acceptors (Lipinski definition) is 4. The third-order valence-corrected chi connectivity index (χ3v) is 6.18. The van der Waals surface area contributed by atoms with E-state index in [2.05, 4.69) is 10.3 Å². The van der Waals surface area contributed by atoms with Gasteiger partial charge in [0.1, 0.15) is 11.8 Å². The molecular formula is C30H28ClN3O3. The van der Waals surface area contributed by atoms with Gasteiger partial charge in [0.05, 0.1) is 5.02 Å². The average Bonchev–Trinajstić information content (AvgIpc) is 2.94. The molecule has 37 heavy (non-hydrogen) atoms. The molecule has 0 aliphatic heterocycles. The molecule has 3 aromatic carbocycles. The maximum atomic E-state index is 13.6. The van der Waals surface area contributed by atoms with Gasteiger partial charge in [-0.2, -0.15) is 0 Å². The van der Waals surface area contributed by atoms with Gasteiger partial charge in [0.25, 0.3) is 5.91 Å². The highest BCUT2D eigenvalue weighted by molar-refractivity contribution is 6.32. The fourth-order valence-electron chi connectivity index (χ4n) is 3.93. The number of para-hydroxylation sites is 1. The highest BCUT2D eigenvalue weighted by Gasteiger charge is 2.30. The second-order valence-electron chi connectivity index (χ2n) is 8.51. The highest BCUT2D eigenvalue weighted by atomic mass is 35.5. The molecule has 7 heteroatoms. The van der Waals surface area contributed by atoms with Gasteiger partial charge in [-0.05, 0) is 41.0 Å². The molecule has 1 heterocycles. The monoisotopic (exact) mass is 513 g/mol. The number of pyridine rings is 1. The summed E-state index contributed by atoms with van der Waals surface area (Å²) in [6.45, 7) is 0.335. The van der Waals surface area contributed by atoms with Gasteiger partial charge in [0.2, 0.25) is 5.91 Å². The summed E-state index contributed by atoms with van der Waals surface area (Å²) in [7, 11) is 0. The van der Waals surface area contributed by atoms with Crippen LogP contribution in [-0.4, -0.2) is 34.3 Å². The molecular weight excluding hydrogens is 486 g/mol. The van der Waals surface area contributed by atoms with Crippen LogP contribution in [0.2, 0.25) is 5.02 Å². The Bertz CT molecular complexity index is 1290. The van der Waals surface area contributed by atoms with E-state index in [0.29, 0.717) is 23.7 Å². The first-order chi connectivity index (χ1) is 18.1. The Balaban J connectivity index is 1.60. The fourth-order valence-corrected chi connectivity index (χ4v) is 4.12. The van der Waals surface area contributed by atoms with Crippen LogP contribution in [0.15, 0.2) is 109 Å². The van der Waals surface area contributed by atoms with Crippen molar-refractivity contribution in [2.75, 3.05) is 6.61 Å². The van der Waals surface area contributed by atoms with E-state index in [0.717, 1.165) is 16.7 Å². The summed E-state index contributed by atoms with van der Waals surface area (Å²) in [5, 5.41) is 3.42. The second kappa shape index (κ2) is 13.2. The zero-order chi connectivity index (χ0) is 25.9. The lowest BCUT2D eigenvalue weighted by Crippen LogP contribution is -2.51. The minimum atomic E-state index is -0.758. The SMILES string of the molecule is O=C(NCc1ccncc1)C(Cc1ccccc1)N(Cc1ccccc1)C(=O)COc1ccccc1Cl. The number of hydrogen-bond donors (Lipinski definition) is 1. The van der Waals surface area contributed by atoms with Gasteiger partial charge in [-0.25, -0.2) is 0 Å². The molecule has 4 aromatic rings. The van der Waals surface area contributed by atoms with Crippen LogP contribution in [0.4, 0.5) is 0 Å². The third kappa shape index (κ3) is 7.66. The van der Waals surface area contributed by atoms with Gasteiger partial charge < -0.3 is 15.0 Å². The summed E-state index contributed by atoms with van der Waals surface area (Å²) < 4.78 is 5.76. The van der Waals surface area contributed by atoms with Crippen LogP contribution in [0.5, 0.6) is 5.75 Å². The van der Waals surface area contributed by atoms with Gasteiger partial charge >= 0.3 is 0 Å². The molecule has 0 fully saturated rings. The lowest BCUT2D eigenvalue weighted by atomic mass is 10.0. The first-order valence-corrected chi connectivity index (χ1v) is 12.4. The molecule has 0 saturated carbocycles. The molecule has 0 spiro atoms. The van der Waals surface area contributed by atoms with Crippen LogP contribution in [0.1, 0.15) is 16.7 Å². The zero-order valence-corrected chi connectivity index (χ0v) is 21.1. The summed E-state index contributed by atoms with van der Waals surface area (Å²) >= 11 is 6.22. The molecule has 4 rings (SSSR count). The maximum Gasteiger partial charge on any atom is 0.261 e. The molecule has 0 aliphatic rings. The van der Waals surface area contributed by atoms with E-state index < -0.39 is 6.04 Å². The molecule has 2 amide bonds. The number of nitrogens with one attached hydrogen (secondary N) is 1. The van der Waals surface area contributed by atoms with E-state index in [-0.39, 0.29) is 25.0 Å². The minimum absolute atomic E-state index is 0.248. The van der Waals surface area contributed by atoms with Crippen molar-refractivity contribution in [1.29, 1.82) is 0 Å². The predicted molar refractivity (Wildman–Crippen MR) is 144 cm³/mol. The molecule has 6 nitrogen and oxygen atoms in total. The standard InChI is InChI=1S/C30H28ClN3O3/c31-26-13-7-8-14-28(26)37-22-29(35)34(21-25-11-5-2-6-12-25)27(19-23-9-3-1-4-10-23)30(36)33-20-24-15-17-32-18-16-24/h1-18,27H,19-22H2,(H,33,36). The Hall–Kier alpha value is -4.16. The number of rotatable bonds is 11. The van der Waals surface area contributed by atoms with E-state index in [1.54, 1.807) is 41.6 Å². The molecule has 0 saturated heterocycles. The van der Waals surface area contributed by atoms with Crippen molar-refractivity contribution in [2.45, 2.75) is 25.6 Å². The van der Waals surface area contributed by atoms with Gasteiger partial charge in [0.15, 0.2) is 6.61 Å². The van der Waals surface area contributed by atoms with Crippen LogP contribution in [-0.2, 0) is 29.1 Å². The molecule has 1 aromatic heterocycles. The molecule has 188 valence electrons. The van der Waals surface area contributed by atoms with Gasteiger partial charge in [-0.3, -0.25) is 14.6 Å². The topological polar surface area (TPSA) is 71.5 Å². The molecule has 1 atom stereocenters. The zero-order valence-electron chi connectivity index (χ0n) is 20.3. The summed E-state index contributed by atoms with van der Waals surface area (Å²) in [5.41, 5.74) is 2.78. The third-order valence-electron chi connectivity index (χ3n) is 5.87. The number of carbonyl (C=O) groups excluding carboxylic acids is 2. The van der Waals surface area contributed by atoms with E-state index in [9.17, 15) is 9.59 Å². The van der Waals surface area contributed by atoms with Crippen LogP contribution in [0.25, 0.3) is 0 Å². The van der Waals surface area contributed by atoms with Crippen molar-refractivity contribution in [3.63, 3.8) is 0 Å². The smallest absolute Gasteiger partial charge is 0.261 e. The lowest BCUT2D eigenvalue weighted by Gasteiger charge is -2.31. The molecule has 0 radical (unpaired) electrons. The van der Waals surface area contributed by atoms with Crippen molar-refractivity contribution in [3.05, 3.63) is 131 Å². The first kappa shape index (κ1) is 25.9. The fraction of sp³-hybridized carbons (Fsp3) is 0.167. The van der Waals surface area contributed by atoms with Gasteiger partial charge in [-0.15, -0.1) is 0 Å². The first-order valence-electron chi connectivity index (χ1n) is 12.0. The highest BCUT2D eigenvalue weighted by Crippen LogP contribution is 2.23. The van der Waals surface area contributed by atoms with Crippen LogP contribution < -0.4 is 10.1 Å². The van der Waals surface area contributed by atoms with Crippen LogP contribution >= 0.6 is 11.6 Å². The van der Waals surface area contributed by atoms with E-state index in [1.807, 2.05) is 72.8 Å². The molecule has 1 N–H and O–H groups in total. The number of aromatic nitrogens is 1. The van der Waals surface area contributed by atoms with Crippen molar-refractivity contribution in [1.82, 2.24) is 15.2 Å². The average molecular weight is 514 g/mol. The number of amides is 2. The van der Waals surface area contributed by atoms with Gasteiger partial charge in [0, 0.05) is 31.9 Å². The van der Waals surface area contributed by atoms with Crippen LogP contribution in [0.3, 0.4) is 0 Å². The van der Waals surface area contributed by atoms with E-state index in [4.69, 9.17) is 16.3 Å².